The summed E-state index contributed by atoms with van der Waals surface area (Å²) >= 11 is 0. The molecule has 2 heterocycles. The quantitative estimate of drug-likeness (QED) is 0.916. The molecule has 1 fully saturated rings. The molecule has 0 unspecified atom stereocenters. The normalized spacial score (nSPS) is 18.7. The van der Waals surface area contributed by atoms with Crippen molar-refractivity contribution in [3.63, 3.8) is 0 Å². The summed E-state index contributed by atoms with van der Waals surface area (Å²) in [7, 11) is 0. The van der Waals surface area contributed by atoms with Gasteiger partial charge in [-0.1, -0.05) is 18.9 Å². The van der Waals surface area contributed by atoms with Gasteiger partial charge in [0.05, 0.1) is 5.69 Å². The maximum Gasteiger partial charge on any atom is 0.161 e. The van der Waals surface area contributed by atoms with Gasteiger partial charge in [0.2, 0.25) is 0 Å². The molecule has 0 amide bonds. The van der Waals surface area contributed by atoms with E-state index in [0.717, 1.165) is 37.4 Å². The Morgan fingerprint density at radius 2 is 1.92 bits per heavy atom. The molecule has 1 aliphatic heterocycles. The Bertz CT molecular complexity index is 704. The van der Waals surface area contributed by atoms with Crippen molar-refractivity contribution in [1.82, 2.24) is 15.1 Å². The lowest BCUT2D eigenvalue weighted by Gasteiger charge is -2.32. The van der Waals surface area contributed by atoms with Crippen LogP contribution in [0.3, 0.4) is 0 Å². The number of benzene rings is 1. The standard InChI is InChI=1S/C19H25N3O2/c1-2-22-16(7-10-21-22)14-20-19(8-3-4-9-19)15-5-6-17-18(13-15)24-12-11-23-17/h5-7,10,13,20H,2-4,8-9,11-12,14H2,1H3. The maximum atomic E-state index is 5.79. The monoisotopic (exact) mass is 327 g/mol. The number of hydrogen-bond acceptors (Lipinski definition) is 4. The van der Waals surface area contributed by atoms with Crippen LogP contribution in [0, 0.1) is 0 Å². The molecule has 0 bridgehead atoms. The summed E-state index contributed by atoms with van der Waals surface area (Å²) < 4.78 is 13.5. The first-order chi connectivity index (χ1) is 11.8. The molecule has 128 valence electrons. The van der Waals surface area contributed by atoms with Crippen LogP contribution in [0.15, 0.2) is 30.5 Å². The van der Waals surface area contributed by atoms with Crippen LogP contribution in [0.1, 0.15) is 43.9 Å². The second-order valence-electron chi connectivity index (χ2n) is 6.64. The summed E-state index contributed by atoms with van der Waals surface area (Å²) in [6, 6.07) is 8.53. The minimum atomic E-state index is 0.0265. The van der Waals surface area contributed by atoms with E-state index in [1.165, 1.54) is 24.1 Å². The minimum absolute atomic E-state index is 0.0265. The van der Waals surface area contributed by atoms with Gasteiger partial charge in [0.15, 0.2) is 11.5 Å². The van der Waals surface area contributed by atoms with Crippen molar-refractivity contribution in [3.05, 3.63) is 41.7 Å². The highest BCUT2D eigenvalue weighted by molar-refractivity contribution is 5.46. The largest absolute Gasteiger partial charge is 0.486 e. The number of nitrogens with zero attached hydrogens (tertiary/aromatic N) is 2. The van der Waals surface area contributed by atoms with E-state index in [9.17, 15) is 0 Å². The summed E-state index contributed by atoms with van der Waals surface area (Å²) in [5.41, 5.74) is 2.58. The first kappa shape index (κ1) is 15.5. The maximum absolute atomic E-state index is 5.79. The average molecular weight is 327 g/mol. The predicted molar refractivity (Wildman–Crippen MR) is 92.3 cm³/mol. The number of ether oxygens (including phenoxy) is 2. The van der Waals surface area contributed by atoms with Gasteiger partial charge in [-0.25, -0.2) is 0 Å². The van der Waals surface area contributed by atoms with Crippen molar-refractivity contribution in [2.45, 2.75) is 51.2 Å². The van der Waals surface area contributed by atoms with Gasteiger partial charge in [-0.2, -0.15) is 5.10 Å². The number of hydrogen-bond donors (Lipinski definition) is 1. The molecule has 4 rings (SSSR count). The van der Waals surface area contributed by atoms with Crippen molar-refractivity contribution < 1.29 is 9.47 Å². The number of fused-ring (bicyclic) bond motifs is 1. The van der Waals surface area contributed by atoms with Gasteiger partial charge in [-0.15, -0.1) is 0 Å². The Labute approximate surface area is 143 Å². The first-order valence-corrected chi connectivity index (χ1v) is 8.96. The van der Waals surface area contributed by atoms with Gasteiger partial charge >= 0.3 is 0 Å². The predicted octanol–water partition coefficient (Wildman–Crippen LogP) is 3.23. The average Bonchev–Trinajstić information content (AvgIpc) is 3.29. The topological polar surface area (TPSA) is 48.3 Å². The number of aryl methyl sites for hydroxylation is 1. The zero-order valence-electron chi connectivity index (χ0n) is 14.3. The van der Waals surface area contributed by atoms with Crippen LogP contribution >= 0.6 is 0 Å². The van der Waals surface area contributed by atoms with Gasteiger partial charge in [0, 0.05) is 24.8 Å². The van der Waals surface area contributed by atoms with Gasteiger partial charge in [-0.05, 0) is 43.5 Å². The lowest BCUT2D eigenvalue weighted by Crippen LogP contribution is -2.40. The van der Waals surface area contributed by atoms with E-state index < -0.39 is 0 Å². The van der Waals surface area contributed by atoms with E-state index in [1.54, 1.807) is 0 Å². The van der Waals surface area contributed by atoms with Gasteiger partial charge < -0.3 is 14.8 Å². The molecule has 0 saturated heterocycles. The van der Waals surface area contributed by atoms with Gasteiger partial charge in [0.25, 0.3) is 0 Å². The Kier molecular flexibility index (Phi) is 4.19. The third-order valence-corrected chi connectivity index (χ3v) is 5.26. The third kappa shape index (κ3) is 2.77. The SMILES string of the molecule is CCn1nccc1CNC1(c2ccc3c(c2)OCCO3)CCCC1. The van der Waals surface area contributed by atoms with Crippen LogP contribution in [0.5, 0.6) is 11.5 Å². The van der Waals surface area contributed by atoms with E-state index in [2.05, 4.69) is 46.3 Å². The Morgan fingerprint density at radius 1 is 1.12 bits per heavy atom. The summed E-state index contributed by atoms with van der Waals surface area (Å²) in [4.78, 5) is 0. The molecule has 1 N–H and O–H groups in total. The number of rotatable bonds is 5. The molecule has 1 saturated carbocycles. The lowest BCUT2D eigenvalue weighted by molar-refractivity contribution is 0.170. The van der Waals surface area contributed by atoms with Gasteiger partial charge in [0.1, 0.15) is 13.2 Å². The van der Waals surface area contributed by atoms with Crippen molar-refractivity contribution >= 4 is 0 Å². The van der Waals surface area contributed by atoms with Crippen molar-refractivity contribution in [2.75, 3.05) is 13.2 Å². The molecule has 0 radical (unpaired) electrons. The summed E-state index contributed by atoms with van der Waals surface area (Å²) in [6.45, 7) is 5.13. The van der Waals surface area contributed by atoms with Crippen LogP contribution in [-0.4, -0.2) is 23.0 Å². The van der Waals surface area contributed by atoms with E-state index in [1.807, 2.05) is 6.20 Å². The second kappa shape index (κ2) is 6.48. The second-order valence-corrected chi connectivity index (χ2v) is 6.64. The molecule has 5 nitrogen and oxygen atoms in total. The smallest absolute Gasteiger partial charge is 0.161 e. The molecule has 24 heavy (non-hydrogen) atoms. The van der Waals surface area contributed by atoms with Crippen molar-refractivity contribution in [2.24, 2.45) is 0 Å². The number of nitrogens with one attached hydrogen (secondary N) is 1. The molecule has 1 aromatic heterocycles. The molecule has 1 aliphatic carbocycles. The number of aromatic nitrogens is 2. The molecule has 0 spiro atoms. The minimum Gasteiger partial charge on any atom is -0.486 e. The molecule has 1 aromatic carbocycles. The van der Waals surface area contributed by atoms with Crippen LogP contribution < -0.4 is 14.8 Å². The molecule has 5 heteroatoms. The lowest BCUT2D eigenvalue weighted by atomic mass is 9.87. The zero-order chi connectivity index (χ0) is 16.4. The Hall–Kier alpha value is -2.01. The van der Waals surface area contributed by atoms with Gasteiger partial charge in [-0.3, -0.25) is 4.68 Å². The van der Waals surface area contributed by atoms with Crippen LogP contribution in [0.25, 0.3) is 0 Å². The highest BCUT2D eigenvalue weighted by Crippen LogP contribution is 2.42. The van der Waals surface area contributed by atoms with Crippen LogP contribution in [0.4, 0.5) is 0 Å². The highest BCUT2D eigenvalue weighted by Gasteiger charge is 2.36. The van der Waals surface area contributed by atoms with Crippen LogP contribution in [0.2, 0.25) is 0 Å². The molecule has 0 atom stereocenters. The fourth-order valence-corrected chi connectivity index (χ4v) is 3.94. The third-order valence-electron chi connectivity index (χ3n) is 5.26. The molecular weight excluding hydrogens is 302 g/mol. The van der Waals surface area contributed by atoms with E-state index in [4.69, 9.17) is 9.47 Å². The summed E-state index contributed by atoms with van der Waals surface area (Å²) in [5.74, 6) is 1.74. The first-order valence-electron chi connectivity index (χ1n) is 8.96. The highest BCUT2D eigenvalue weighted by atomic mass is 16.6. The Balaban J connectivity index is 1.59. The van der Waals surface area contributed by atoms with E-state index in [-0.39, 0.29) is 5.54 Å². The van der Waals surface area contributed by atoms with Crippen LogP contribution in [-0.2, 0) is 18.6 Å². The zero-order valence-corrected chi connectivity index (χ0v) is 14.3. The Morgan fingerprint density at radius 3 is 2.71 bits per heavy atom. The van der Waals surface area contributed by atoms with E-state index >= 15 is 0 Å². The van der Waals surface area contributed by atoms with Crippen molar-refractivity contribution in [3.8, 4) is 11.5 Å². The van der Waals surface area contributed by atoms with E-state index in [0.29, 0.717) is 13.2 Å². The summed E-state index contributed by atoms with van der Waals surface area (Å²) in [5, 5.41) is 8.21. The molecule has 2 aromatic rings. The molecular formula is C19H25N3O2. The van der Waals surface area contributed by atoms with Crippen molar-refractivity contribution in [1.29, 1.82) is 0 Å². The molecule has 2 aliphatic rings. The fraction of sp³-hybridized carbons (Fsp3) is 0.526. The fourth-order valence-electron chi connectivity index (χ4n) is 3.94. The summed E-state index contributed by atoms with van der Waals surface area (Å²) in [6.07, 6.45) is 6.72.